The summed E-state index contributed by atoms with van der Waals surface area (Å²) < 4.78 is 0. The highest BCUT2D eigenvalue weighted by Gasteiger charge is 2.24. The molecular weight excluding hydrogens is 416 g/mol. The predicted octanol–water partition coefficient (Wildman–Crippen LogP) is 3.45. The summed E-state index contributed by atoms with van der Waals surface area (Å²) in [4.78, 5) is 38.9. The van der Waals surface area contributed by atoms with Gasteiger partial charge in [-0.05, 0) is 44.0 Å². The van der Waals surface area contributed by atoms with Crippen LogP contribution in [-0.2, 0) is 4.79 Å². The number of nitrogens with one attached hydrogen (secondary N) is 2. The number of halogens is 1. The first kappa shape index (κ1) is 21.2. The number of nitro groups is 1. The molecule has 1 saturated heterocycles. The fraction of sp³-hybridized carbons (Fsp3) is 0.368. The summed E-state index contributed by atoms with van der Waals surface area (Å²) in [6.07, 6.45) is 1.48. The summed E-state index contributed by atoms with van der Waals surface area (Å²) in [6.45, 7) is 3.41. The second-order valence-corrected chi connectivity index (χ2v) is 8.63. The Morgan fingerprint density at radius 1 is 1.28 bits per heavy atom. The number of likely N-dealkylation sites (tertiary alicyclic amines) is 1. The fourth-order valence-corrected chi connectivity index (χ4v) is 4.14. The molecule has 8 nitrogen and oxygen atoms in total. The van der Waals surface area contributed by atoms with Gasteiger partial charge < -0.3 is 10.6 Å². The van der Waals surface area contributed by atoms with Crippen LogP contribution < -0.4 is 10.6 Å². The molecule has 2 aromatic rings. The minimum Gasteiger partial charge on any atom is -0.349 e. The van der Waals surface area contributed by atoms with Crippen LogP contribution in [0.5, 0.6) is 0 Å². The van der Waals surface area contributed by atoms with Gasteiger partial charge in [-0.15, -0.1) is 11.3 Å². The van der Waals surface area contributed by atoms with E-state index in [9.17, 15) is 19.7 Å². The molecule has 0 unspecified atom stereocenters. The molecule has 1 aromatic carbocycles. The average Bonchev–Trinajstić information content (AvgIpc) is 3.11. The van der Waals surface area contributed by atoms with Gasteiger partial charge in [0.05, 0.1) is 16.3 Å². The van der Waals surface area contributed by atoms with Crippen molar-refractivity contribution in [3.63, 3.8) is 0 Å². The van der Waals surface area contributed by atoms with Gasteiger partial charge in [-0.1, -0.05) is 11.6 Å². The van der Waals surface area contributed by atoms with Crippen LogP contribution in [0.15, 0.2) is 30.3 Å². The van der Waals surface area contributed by atoms with Crippen LogP contribution in [0.1, 0.15) is 27.4 Å². The van der Waals surface area contributed by atoms with E-state index in [1.807, 2.05) is 24.0 Å². The predicted molar refractivity (Wildman–Crippen MR) is 113 cm³/mol. The van der Waals surface area contributed by atoms with Crippen molar-refractivity contribution in [3.8, 4) is 0 Å². The van der Waals surface area contributed by atoms with Crippen molar-refractivity contribution in [1.29, 1.82) is 0 Å². The fourth-order valence-electron chi connectivity index (χ4n) is 3.20. The van der Waals surface area contributed by atoms with Crippen molar-refractivity contribution in [1.82, 2.24) is 10.2 Å². The van der Waals surface area contributed by atoms with Gasteiger partial charge in [-0.2, -0.15) is 0 Å². The minimum absolute atomic E-state index is 0.0608. The Labute approximate surface area is 177 Å². The van der Waals surface area contributed by atoms with Gasteiger partial charge in [0, 0.05) is 35.1 Å². The smallest absolute Gasteiger partial charge is 0.294 e. The van der Waals surface area contributed by atoms with Gasteiger partial charge >= 0.3 is 0 Å². The Balaban J connectivity index is 1.48. The third kappa shape index (κ3) is 5.75. The Morgan fingerprint density at radius 3 is 2.62 bits per heavy atom. The number of aryl methyl sites for hydroxylation is 1. The van der Waals surface area contributed by atoms with Crippen molar-refractivity contribution < 1.29 is 14.5 Å². The molecule has 1 aliphatic rings. The SMILES string of the molecule is Cc1ccc(C(=O)NC2CCN(CC(=O)Nc3ccc(Cl)cc3[N+](=O)[O-])CC2)s1. The maximum absolute atomic E-state index is 12.3. The number of hydrogen-bond acceptors (Lipinski definition) is 6. The second-order valence-electron chi connectivity index (χ2n) is 6.90. The summed E-state index contributed by atoms with van der Waals surface area (Å²) in [7, 11) is 0. The maximum atomic E-state index is 12.3. The zero-order chi connectivity index (χ0) is 21.0. The Bertz CT molecular complexity index is 925. The van der Waals surface area contributed by atoms with Crippen LogP contribution >= 0.6 is 22.9 Å². The number of hydrogen-bond donors (Lipinski definition) is 2. The summed E-state index contributed by atoms with van der Waals surface area (Å²) in [5.74, 6) is -0.388. The summed E-state index contributed by atoms with van der Waals surface area (Å²) >= 11 is 7.25. The number of nitro benzene ring substituents is 1. The van der Waals surface area contributed by atoms with Crippen LogP contribution in [0.3, 0.4) is 0 Å². The Morgan fingerprint density at radius 2 is 2.00 bits per heavy atom. The van der Waals surface area contributed by atoms with E-state index in [1.165, 1.54) is 29.5 Å². The van der Waals surface area contributed by atoms with E-state index in [2.05, 4.69) is 10.6 Å². The lowest BCUT2D eigenvalue weighted by Gasteiger charge is -2.31. The summed E-state index contributed by atoms with van der Waals surface area (Å²) in [5.41, 5.74) is -0.117. The highest BCUT2D eigenvalue weighted by atomic mass is 35.5. The molecule has 0 spiro atoms. The van der Waals surface area contributed by atoms with Crippen LogP contribution in [0, 0.1) is 17.0 Å². The van der Waals surface area contributed by atoms with Crippen molar-refractivity contribution in [3.05, 3.63) is 55.2 Å². The van der Waals surface area contributed by atoms with Crippen molar-refractivity contribution in [2.75, 3.05) is 25.0 Å². The number of piperidine rings is 1. The van der Waals surface area contributed by atoms with E-state index in [1.54, 1.807) is 0 Å². The third-order valence-corrected chi connectivity index (χ3v) is 5.92. The van der Waals surface area contributed by atoms with E-state index in [4.69, 9.17) is 11.6 Å². The van der Waals surface area contributed by atoms with E-state index < -0.39 is 4.92 Å². The standard InChI is InChI=1S/C19H21ClN4O4S/c1-12-2-5-17(29-12)19(26)21-14-6-8-23(9-7-14)11-18(25)22-15-4-3-13(20)10-16(15)24(27)28/h2-5,10,14H,6-9,11H2,1H3,(H,21,26)(H,22,25). The molecule has 0 bridgehead atoms. The first-order valence-electron chi connectivity index (χ1n) is 9.15. The van der Waals surface area contributed by atoms with Crippen LogP contribution in [0.4, 0.5) is 11.4 Å². The van der Waals surface area contributed by atoms with Crippen molar-refractivity contribution in [2.24, 2.45) is 0 Å². The number of thiophene rings is 1. The number of nitrogens with zero attached hydrogens (tertiary/aromatic N) is 2. The van der Waals surface area contributed by atoms with E-state index in [0.29, 0.717) is 18.0 Å². The molecule has 0 saturated carbocycles. The lowest BCUT2D eigenvalue weighted by Crippen LogP contribution is -2.46. The molecule has 0 atom stereocenters. The van der Waals surface area contributed by atoms with Gasteiger partial charge in [0.1, 0.15) is 5.69 Å². The summed E-state index contributed by atoms with van der Waals surface area (Å²) in [6, 6.07) is 7.94. The maximum Gasteiger partial charge on any atom is 0.294 e. The lowest BCUT2D eigenvalue weighted by molar-refractivity contribution is -0.383. The molecule has 2 heterocycles. The first-order chi connectivity index (χ1) is 13.8. The van der Waals surface area contributed by atoms with Gasteiger partial charge in [0.15, 0.2) is 0 Å². The molecule has 0 radical (unpaired) electrons. The van der Waals surface area contributed by atoms with Crippen LogP contribution in [0.2, 0.25) is 5.02 Å². The number of benzene rings is 1. The van der Waals surface area contributed by atoms with Crippen molar-refractivity contribution >= 4 is 46.1 Å². The molecule has 1 aromatic heterocycles. The van der Waals surface area contributed by atoms with Gasteiger partial charge in [-0.3, -0.25) is 24.6 Å². The highest BCUT2D eigenvalue weighted by molar-refractivity contribution is 7.13. The molecule has 2 amide bonds. The number of anilines is 1. The number of carbonyl (C=O) groups is 2. The highest BCUT2D eigenvalue weighted by Crippen LogP contribution is 2.27. The van der Waals surface area contributed by atoms with Gasteiger partial charge in [0.25, 0.3) is 11.6 Å². The summed E-state index contributed by atoms with van der Waals surface area (Å²) in [5, 5.41) is 17.0. The number of rotatable bonds is 6. The molecule has 1 aliphatic heterocycles. The molecule has 1 fully saturated rings. The minimum atomic E-state index is -0.579. The van der Waals surface area contributed by atoms with E-state index in [0.717, 1.165) is 17.7 Å². The molecule has 29 heavy (non-hydrogen) atoms. The quantitative estimate of drug-likeness (QED) is 0.533. The third-order valence-electron chi connectivity index (χ3n) is 4.68. The molecule has 2 N–H and O–H groups in total. The second kappa shape index (κ2) is 9.34. The zero-order valence-corrected chi connectivity index (χ0v) is 17.4. The molecule has 0 aliphatic carbocycles. The molecule has 10 heteroatoms. The molecular formula is C19H21ClN4O4S. The number of carbonyl (C=O) groups excluding carboxylic acids is 2. The molecule has 154 valence electrons. The van der Waals surface area contributed by atoms with Gasteiger partial charge in [-0.25, -0.2) is 0 Å². The molecule has 3 rings (SSSR count). The van der Waals surface area contributed by atoms with Gasteiger partial charge in [0.2, 0.25) is 5.91 Å². The first-order valence-corrected chi connectivity index (χ1v) is 10.3. The number of amides is 2. The Kier molecular flexibility index (Phi) is 6.83. The monoisotopic (exact) mass is 436 g/mol. The van der Waals surface area contributed by atoms with Crippen LogP contribution in [-0.4, -0.2) is 47.3 Å². The average molecular weight is 437 g/mol. The van der Waals surface area contributed by atoms with Crippen molar-refractivity contribution in [2.45, 2.75) is 25.8 Å². The van der Waals surface area contributed by atoms with E-state index >= 15 is 0 Å². The zero-order valence-electron chi connectivity index (χ0n) is 15.8. The van der Waals surface area contributed by atoms with Crippen LogP contribution in [0.25, 0.3) is 0 Å². The van der Waals surface area contributed by atoms with E-state index in [-0.39, 0.29) is 40.8 Å². The largest absolute Gasteiger partial charge is 0.349 e. The lowest BCUT2D eigenvalue weighted by atomic mass is 10.0. The Hall–Kier alpha value is -2.49. The topological polar surface area (TPSA) is 105 Å². The normalized spacial score (nSPS) is 15.1.